The topological polar surface area (TPSA) is 61.8 Å². The number of carbonyl (C=O) groups is 1. The van der Waals surface area contributed by atoms with Crippen LogP contribution in [0.25, 0.3) is 10.8 Å². The molecule has 0 saturated carbocycles. The Hall–Kier alpha value is -3.10. The fourth-order valence-corrected chi connectivity index (χ4v) is 4.48. The van der Waals surface area contributed by atoms with E-state index in [1.54, 1.807) is 0 Å². The van der Waals surface area contributed by atoms with Gasteiger partial charge in [-0.15, -0.1) is 0 Å². The van der Waals surface area contributed by atoms with Gasteiger partial charge >= 0.3 is 12.1 Å². The molecule has 1 saturated heterocycles. The first kappa shape index (κ1) is 24.0. The predicted molar refractivity (Wildman–Crippen MR) is 125 cm³/mol. The molecule has 34 heavy (non-hydrogen) atoms. The minimum Gasteiger partial charge on any atom is -0.478 e. The summed E-state index contributed by atoms with van der Waals surface area (Å²) in [5.41, 5.74) is -0.204. The highest BCUT2D eigenvalue weighted by Gasteiger charge is 2.36. The van der Waals surface area contributed by atoms with Gasteiger partial charge in [0.25, 0.3) is 0 Å². The van der Waals surface area contributed by atoms with Gasteiger partial charge in [0.15, 0.2) is 0 Å². The average molecular weight is 473 g/mol. The molecule has 1 aliphatic heterocycles. The van der Waals surface area contributed by atoms with Gasteiger partial charge in [-0.2, -0.15) is 13.2 Å². The molecule has 3 aromatic carbocycles. The number of nitrogens with one attached hydrogen (secondary N) is 1. The van der Waals surface area contributed by atoms with Crippen LogP contribution in [0.5, 0.6) is 0 Å². The number of hydrogen-bond donors (Lipinski definition) is 2. The van der Waals surface area contributed by atoms with Crippen molar-refractivity contribution in [1.82, 2.24) is 5.32 Å². The second kappa shape index (κ2) is 10.0. The molecule has 0 aliphatic carbocycles. The highest BCUT2D eigenvalue weighted by atomic mass is 19.4. The molecule has 0 radical (unpaired) electrons. The number of alkyl halides is 3. The lowest BCUT2D eigenvalue weighted by atomic mass is 9.99. The summed E-state index contributed by atoms with van der Waals surface area (Å²) in [7, 11) is 0. The number of anilines is 1. The second-order valence-electron chi connectivity index (χ2n) is 8.50. The predicted octanol–water partition coefficient (Wildman–Crippen LogP) is 5.50. The third-order valence-corrected chi connectivity index (χ3v) is 6.25. The van der Waals surface area contributed by atoms with E-state index >= 15 is 0 Å². The van der Waals surface area contributed by atoms with Crippen LogP contribution in [0.2, 0.25) is 0 Å². The quantitative estimate of drug-likeness (QED) is 0.475. The Labute approximate surface area is 196 Å². The largest absolute Gasteiger partial charge is 0.478 e. The molecule has 8 heteroatoms. The lowest BCUT2D eigenvalue weighted by Crippen LogP contribution is -2.43. The molecule has 2 atom stereocenters. The molecular weight excluding hydrogens is 445 g/mol. The van der Waals surface area contributed by atoms with Crippen LogP contribution in [-0.2, 0) is 10.9 Å². The van der Waals surface area contributed by atoms with Crippen molar-refractivity contribution in [1.29, 1.82) is 0 Å². The Bertz CT molecular complexity index is 1160. The lowest BCUT2D eigenvalue weighted by molar-refractivity contribution is -0.138. The number of aromatic carboxylic acids is 1. The molecule has 0 amide bonds. The van der Waals surface area contributed by atoms with Crippen LogP contribution in [0.3, 0.4) is 0 Å². The first-order chi connectivity index (χ1) is 16.2. The Morgan fingerprint density at radius 2 is 1.94 bits per heavy atom. The van der Waals surface area contributed by atoms with Crippen molar-refractivity contribution < 1.29 is 27.8 Å². The van der Waals surface area contributed by atoms with Crippen molar-refractivity contribution in [3.63, 3.8) is 0 Å². The number of ether oxygens (including phenoxy) is 1. The summed E-state index contributed by atoms with van der Waals surface area (Å²) in [4.78, 5) is 13.3. The van der Waals surface area contributed by atoms with E-state index in [0.717, 1.165) is 18.6 Å². The van der Waals surface area contributed by atoms with E-state index in [1.807, 2.05) is 23.1 Å². The molecule has 3 aromatic rings. The van der Waals surface area contributed by atoms with E-state index in [9.17, 15) is 23.1 Å². The van der Waals surface area contributed by atoms with Crippen molar-refractivity contribution in [2.45, 2.75) is 31.7 Å². The van der Waals surface area contributed by atoms with Crippen LogP contribution in [0.4, 0.5) is 18.9 Å². The van der Waals surface area contributed by atoms with Crippen LogP contribution < -0.4 is 10.2 Å². The summed E-state index contributed by atoms with van der Waals surface area (Å²) >= 11 is 0. The van der Waals surface area contributed by atoms with E-state index in [4.69, 9.17) is 4.74 Å². The number of morpholine rings is 1. The fraction of sp³-hybridized carbons (Fsp3) is 0.346. The number of hydrogen-bond acceptors (Lipinski definition) is 4. The molecule has 5 nitrogen and oxygen atoms in total. The van der Waals surface area contributed by atoms with Crippen LogP contribution >= 0.6 is 0 Å². The van der Waals surface area contributed by atoms with Crippen molar-refractivity contribution in [2.24, 2.45) is 0 Å². The molecule has 1 fully saturated rings. The molecule has 1 aliphatic rings. The Morgan fingerprint density at radius 3 is 2.71 bits per heavy atom. The average Bonchev–Trinajstić information content (AvgIpc) is 2.83. The van der Waals surface area contributed by atoms with Gasteiger partial charge in [-0.05, 0) is 54.4 Å². The zero-order valence-corrected chi connectivity index (χ0v) is 18.8. The van der Waals surface area contributed by atoms with Crippen LogP contribution in [0.15, 0.2) is 60.7 Å². The summed E-state index contributed by atoms with van der Waals surface area (Å²) in [6.07, 6.45) is -4.11. The van der Waals surface area contributed by atoms with Crippen molar-refractivity contribution in [2.75, 3.05) is 31.1 Å². The minimum atomic E-state index is -4.72. The zero-order chi connectivity index (χ0) is 24.3. The number of halogens is 3. The van der Waals surface area contributed by atoms with Gasteiger partial charge in [-0.1, -0.05) is 42.5 Å². The van der Waals surface area contributed by atoms with Gasteiger partial charge in [0.2, 0.25) is 0 Å². The summed E-state index contributed by atoms with van der Waals surface area (Å²) in [5, 5.41) is 15.2. The summed E-state index contributed by atoms with van der Waals surface area (Å²) < 4.78 is 45.3. The normalized spacial score (nSPS) is 17.6. The summed E-state index contributed by atoms with van der Waals surface area (Å²) in [6.45, 7) is 4.21. The molecule has 1 heterocycles. The van der Waals surface area contributed by atoms with Crippen LogP contribution in [0.1, 0.15) is 40.9 Å². The van der Waals surface area contributed by atoms with Crippen molar-refractivity contribution in [3.8, 4) is 0 Å². The summed E-state index contributed by atoms with van der Waals surface area (Å²) in [5.74, 6) is -1.59. The third kappa shape index (κ3) is 5.34. The SMILES string of the molecule is C[C@@H](NCCC1CN(c2ccc(C(F)(F)F)c(C(=O)O)c2)CCO1)c1cccc2ccccc12. The number of carboxylic acids is 1. The number of fused-ring (bicyclic) bond motifs is 1. The molecular formula is C26H27F3N2O3. The second-order valence-corrected chi connectivity index (χ2v) is 8.50. The first-order valence-corrected chi connectivity index (χ1v) is 11.3. The molecule has 180 valence electrons. The number of carboxylic acid groups (broad SMARTS) is 1. The molecule has 2 N–H and O–H groups in total. The molecule has 0 bridgehead atoms. The van der Waals surface area contributed by atoms with Gasteiger partial charge in [-0.25, -0.2) is 4.79 Å². The minimum absolute atomic E-state index is 0.114. The smallest absolute Gasteiger partial charge is 0.417 e. The standard InChI is InChI=1S/C26H27F3N2O3/c1-17(21-8-4-6-18-5-2-3-7-22(18)21)30-12-11-20-16-31(13-14-34-20)19-9-10-24(26(27,28)29)23(15-19)25(32)33/h2-10,15,17,20,30H,11-14,16H2,1H3,(H,32,33)/t17-,20?/m1/s1. The van der Waals surface area contributed by atoms with Crippen LogP contribution in [0, 0.1) is 0 Å². The van der Waals surface area contributed by atoms with Crippen molar-refractivity contribution >= 4 is 22.4 Å². The van der Waals surface area contributed by atoms with Gasteiger partial charge < -0.3 is 20.1 Å². The third-order valence-electron chi connectivity index (χ3n) is 6.25. The van der Waals surface area contributed by atoms with E-state index in [-0.39, 0.29) is 12.1 Å². The highest BCUT2D eigenvalue weighted by molar-refractivity contribution is 5.91. The fourth-order valence-electron chi connectivity index (χ4n) is 4.48. The molecule has 1 unspecified atom stereocenters. The highest BCUT2D eigenvalue weighted by Crippen LogP contribution is 2.34. The van der Waals surface area contributed by atoms with E-state index in [2.05, 4.69) is 36.5 Å². The van der Waals surface area contributed by atoms with E-state index in [1.165, 1.54) is 22.4 Å². The molecule has 4 rings (SSSR count). The van der Waals surface area contributed by atoms with Gasteiger partial charge in [-0.3, -0.25) is 0 Å². The maximum absolute atomic E-state index is 13.2. The summed E-state index contributed by atoms with van der Waals surface area (Å²) in [6, 6.07) is 17.9. The maximum atomic E-state index is 13.2. The first-order valence-electron chi connectivity index (χ1n) is 11.3. The number of rotatable bonds is 7. The Balaban J connectivity index is 1.38. The lowest BCUT2D eigenvalue weighted by Gasteiger charge is -2.35. The molecule has 0 aromatic heterocycles. The Morgan fingerprint density at radius 1 is 1.18 bits per heavy atom. The van der Waals surface area contributed by atoms with Crippen molar-refractivity contribution in [3.05, 3.63) is 77.4 Å². The number of benzene rings is 3. The van der Waals surface area contributed by atoms with Gasteiger partial charge in [0.1, 0.15) is 0 Å². The van der Waals surface area contributed by atoms with Crippen LogP contribution in [-0.4, -0.2) is 43.4 Å². The maximum Gasteiger partial charge on any atom is 0.417 e. The molecule has 0 spiro atoms. The monoisotopic (exact) mass is 472 g/mol. The number of nitrogens with zero attached hydrogens (tertiary/aromatic N) is 1. The van der Waals surface area contributed by atoms with Gasteiger partial charge in [0.05, 0.1) is 23.8 Å². The zero-order valence-electron chi connectivity index (χ0n) is 18.8. The van der Waals surface area contributed by atoms with E-state index in [0.29, 0.717) is 31.9 Å². The Kier molecular flexibility index (Phi) is 7.09. The van der Waals surface area contributed by atoms with Gasteiger partial charge in [0, 0.05) is 24.8 Å². The van der Waals surface area contributed by atoms with E-state index < -0.39 is 23.3 Å².